The normalized spacial score (nSPS) is 13.5. The molecule has 1 atom stereocenters. The summed E-state index contributed by atoms with van der Waals surface area (Å²) >= 11 is -0.917. The summed E-state index contributed by atoms with van der Waals surface area (Å²) in [5, 5.41) is 1.90. The number of para-hydroxylation sites is 1. The third-order valence-corrected chi connectivity index (χ3v) is 2.65. The maximum Gasteiger partial charge on any atom is 0.223 e. The molecule has 3 heteroatoms. The molecule has 0 fully saturated rings. The van der Waals surface area contributed by atoms with E-state index in [1.54, 1.807) is 6.26 Å². The lowest BCUT2D eigenvalue weighted by molar-refractivity contribution is 0.598. The van der Waals surface area contributed by atoms with Gasteiger partial charge in [0.25, 0.3) is 0 Å². The molecule has 0 aliphatic carbocycles. The van der Waals surface area contributed by atoms with Crippen LogP contribution in [0.2, 0.25) is 0 Å². The van der Waals surface area contributed by atoms with Gasteiger partial charge in [0.15, 0.2) is 0 Å². The molecule has 1 heterocycles. The van der Waals surface area contributed by atoms with Crippen LogP contribution < -0.4 is 0 Å². The van der Waals surface area contributed by atoms with Crippen LogP contribution in [0.1, 0.15) is 0 Å². The quantitative estimate of drug-likeness (QED) is 0.667. The summed E-state index contributed by atoms with van der Waals surface area (Å²) in [6, 6.07) is 9.83. The summed E-state index contributed by atoms with van der Waals surface area (Å²) in [5.74, 6) is 0. The first-order valence-corrected chi connectivity index (χ1v) is 5.24. The number of rotatable bonds is 1. The SMILES string of the molecule is C[S+]([O-])c1cc2ccccc2[nH]1. The minimum absolute atomic E-state index is 0.788. The fourth-order valence-electron chi connectivity index (χ4n) is 1.20. The minimum Gasteiger partial charge on any atom is -0.610 e. The predicted octanol–water partition coefficient (Wildman–Crippen LogP) is 1.91. The monoisotopic (exact) mass is 179 g/mol. The van der Waals surface area contributed by atoms with E-state index in [0.29, 0.717) is 0 Å². The van der Waals surface area contributed by atoms with Crippen molar-refractivity contribution < 1.29 is 4.55 Å². The maximum atomic E-state index is 11.1. The second-order valence-electron chi connectivity index (χ2n) is 2.67. The van der Waals surface area contributed by atoms with Crippen molar-refractivity contribution in [1.29, 1.82) is 0 Å². The van der Waals surface area contributed by atoms with Crippen molar-refractivity contribution in [3.05, 3.63) is 30.3 Å². The Morgan fingerprint density at radius 3 is 2.75 bits per heavy atom. The number of aromatic nitrogens is 1. The van der Waals surface area contributed by atoms with Crippen molar-refractivity contribution >= 4 is 22.1 Å². The van der Waals surface area contributed by atoms with Gasteiger partial charge >= 0.3 is 0 Å². The zero-order valence-electron chi connectivity index (χ0n) is 6.70. The van der Waals surface area contributed by atoms with E-state index in [1.165, 1.54) is 0 Å². The van der Waals surface area contributed by atoms with Crippen molar-refractivity contribution in [2.24, 2.45) is 0 Å². The van der Waals surface area contributed by atoms with E-state index in [0.717, 1.165) is 15.9 Å². The second-order valence-corrected chi connectivity index (χ2v) is 4.02. The Bertz CT molecular complexity index is 361. The fourth-order valence-corrected chi connectivity index (χ4v) is 1.75. The highest BCUT2D eigenvalue weighted by Gasteiger charge is 2.07. The van der Waals surface area contributed by atoms with Gasteiger partial charge in [-0.3, -0.25) is 0 Å². The van der Waals surface area contributed by atoms with Crippen molar-refractivity contribution in [2.75, 3.05) is 6.26 Å². The van der Waals surface area contributed by atoms with Crippen LogP contribution in [0.15, 0.2) is 35.4 Å². The number of nitrogens with one attached hydrogen (secondary N) is 1. The number of hydrogen-bond donors (Lipinski definition) is 1. The summed E-state index contributed by atoms with van der Waals surface area (Å²) < 4.78 is 11.1. The fraction of sp³-hybridized carbons (Fsp3) is 0.111. The molecule has 0 saturated heterocycles. The Morgan fingerprint density at radius 1 is 1.33 bits per heavy atom. The largest absolute Gasteiger partial charge is 0.610 e. The molecule has 1 unspecified atom stereocenters. The first-order chi connectivity index (χ1) is 5.77. The predicted molar refractivity (Wildman–Crippen MR) is 50.6 cm³/mol. The molecule has 2 nitrogen and oxygen atoms in total. The van der Waals surface area contributed by atoms with Gasteiger partial charge in [-0.15, -0.1) is 0 Å². The zero-order valence-corrected chi connectivity index (χ0v) is 7.52. The van der Waals surface area contributed by atoms with Gasteiger partial charge in [0.05, 0.1) is 0 Å². The van der Waals surface area contributed by atoms with Crippen molar-refractivity contribution in [3.63, 3.8) is 0 Å². The van der Waals surface area contributed by atoms with Crippen LogP contribution in [0, 0.1) is 0 Å². The van der Waals surface area contributed by atoms with Crippen LogP contribution in [0.3, 0.4) is 0 Å². The summed E-state index contributed by atoms with van der Waals surface area (Å²) in [5.41, 5.74) is 1.04. The number of benzene rings is 1. The topological polar surface area (TPSA) is 38.8 Å². The van der Waals surface area contributed by atoms with Gasteiger partial charge in [-0.05, 0) is 17.2 Å². The molecule has 0 aliphatic heterocycles. The first kappa shape index (κ1) is 7.71. The zero-order chi connectivity index (χ0) is 8.55. The van der Waals surface area contributed by atoms with Crippen LogP contribution >= 0.6 is 0 Å². The smallest absolute Gasteiger partial charge is 0.223 e. The van der Waals surface area contributed by atoms with E-state index < -0.39 is 11.2 Å². The van der Waals surface area contributed by atoms with E-state index in [4.69, 9.17) is 0 Å². The van der Waals surface area contributed by atoms with Crippen LogP contribution in [-0.4, -0.2) is 15.8 Å². The van der Waals surface area contributed by atoms with E-state index in [2.05, 4.69) is 4.98 Å². The Balaban J connectivity index is 2.62. The van der Waals surface area contributed by atoms with Crippen LogP contribution in [0.4, 0.5) is 0 Å². The van der Waals surface area contributed by atoms with E-state index in [1.807, 2.05) is 30.3 Å². The van der Waals surface area contributed by atoms with E-state index in [-0.39, 0.29) is 0 Å². The standard InChI is InChI=1S/C9H9NOS/c1-12(11)9-6-7-4-2-3-5-8(7)10-9/h2-6,10H,1H3. The molecule has 0 spiro atoms. The molecule has 1 aromatic carbocycles. The van der Waals surface area contributed by atoms with Crippen LogP contribution in [-0.2, 0) is 11.2 Å². The number of H-pyrrole nitrogens is 1. The molecule has 12 heavy (non-hydrogen) atoms. The third kappa shape index (κ3) is 1.21. The molecule has 0 bridgehead atoms. The average Bonchev–Trinajstić information content (AvgIpc) is 2.46. The molecule has 2 aromatic rings. The van der Waals surface area contributed by atoms with Crippen LogP contribution in [0.25, 0.3) is 10.9 Å². The highest BCUT2D eigenvalue weighted by atomic mass is 32.2. The first-order valence-electron chi connectivity index (χ1n) is 3.68. The lowest BCUT2D eigenvalue weighted by atomic mass is 10.3. The van der Waals surface area contributed by atoms with E-state index >= 15 is 0 Å². The van der Waals surface area contributed by atoms with Gasteiger partial charge in [-0.2, -0.15) is 0 Å². The molecule has 1 aromatic heterocycles. The van der Waals surface area contributed by atoms with Crippen molar-refractivity contribution in [2.45, 2.75) is 5.03 Å². The Kier molecular flexibility index (Phi) is 1.83. The van der Waals surface area contributed by atoms with E-state index in [9.17, 15) is 4.55 Å². The minimum atomic E-state index is -0.917. The number of aromatic amines is 1. The third-order valence-electron chi connectivity index (χ3n) is 1.81. The number of hydrogen-bond acceptors (Lipinski definition) is 1. The highest BCUT2D eigenvalue weighted by molar-refractivity contribution is 7.90. The number of fused-ring (bicyclic) bond motifs is 1. The second kappa shape index (κ2) is 2.84. The molecule has 1 N–H and O–H groups in total. The Morgan fingerprint density at radius 2 is 2.08 bits per heavy atom. The van der Waals surface area contributed by atoms with Gasteiger partial charge in [0.2, 0.25) is 5.03 Å². The summed E-state index contributed by atoms with van der Waals surface area (Å²) in [6.45, 7) is 0. The lowest BCUT2D eigenvalue weighted by Crippen LogP contribution is -1.96. The Hall–Kier alpha value is -0.930. The molecule has 2 rings (SSSR count). The van der Waals surface area contributed by atoms with Crippen molar-refractivity contribution in [3.8, 4) is 0 Å². The van der Waals surface area contributed by atoms with Gasteiger partial charge in [-0.25, -0.2) is 0 Å². The summed E-state index contributed by atoms with van der Waals surface area (Å²) in [4.78, 5) is 3.09. The average molecular weight is 179 g/mol. The van der Waals surface area contributed by atoms with Gasteiger partial charge in [0.1, 0.15) is 6.26 Å². The molecule has 0 aliphatic rings. The molecular formula is C9H9NOS. The molecule has 0 amide bonds. The molecular weight excluding hydrogens is 170 g/mol. The summed E-state index contributed by atoms with van der Waals surface area (Å²) in [6.07, 6.45) is 1.67. The van der Waals surface area contributed by atoms with Gasteiger partial charge < -0.3 is 9.54 Å². The maximum absolute atomic E-state index is 11.1. The highest BCUT2D eigenvalue weighted by Crippen LogP contribution is 2.17. The van der Waals surface area contributed by atoms with Crippen molar-refractivity contribution in [1.82, 2.24) is 4.98 Å². The van der Waals surface area contributed by atoms with Crippen LogP contribution in [0.5, 0.6) is 0 Å². The summed E-state index contributed by atoms with van der Waals surface area (Å²) in [7, 11) is 0. The van der Waals surface area contributed by atoms with Gasteiger partial charge in [0, 0.05) is 17.0 Å². The Labute approximate surface area is 73.8 Å². The molecule has 0 radical (unpaired) electrons. The molecule has 62 valence electrons. The van der Waals surface area contributed by atoms with Gasteiger partial charge in [-0.1, -0.05) is 18.2 Å². The lowest BCUT2D eigenvalue weighted by Gasteiger charge is -1.97. The molecule has 0 saturated carbocycles.